The Labute approximate surface area is 90.4 Å². The van der Waals surface area contributed by atoms with Crippen LogP contribution in [-0.2, 0) is 0 Å². The van der Waals surface area contributed by atoms with Crippen LogP contribution in [0.2, 0.25) is 0 Å². The highest BCUT2D eigenvalue weighted by atomic mass is 19.1. The number of hydrogen-bond acceptors (Lipinski definition) is 3. The molecule has 0 aromatic carbocycles. The zero-order valence-corrected chi connectivity index (χ0v) is 8.09. The lowest BCUT2D eigenvalue weighted by Gasteiger charge is -2.02. The molecule has 0 spiro atoms. The summed E-state index contributed by atoms with van der Waals surface area (Å²) in [6.45, 7) is 0. The number of halogens is 1. The molecule has 2 heterocycles. The molecule has 2 aromatic heterocycles. The van der Waals surface area contributed by atoms with Crippen molar-refractivity contribution in [3.8, 4) is 11.3 Å². The average Bonchev–Trinajstić information content (AvgIpc) is 2.30. The molecule has 4 nitrogen and oxygen atoms in total. The Balaban J connectivity index is 2.53. The Morgan fingerprint density at radius 2 is 2.06 bits per heavy atom. The average molecular weight is 218 g/mol. The van der Waals surface area contributed by atoms with Gasteiger partial charge in [-0.1, -0.05) is 6.07 Å². The normalized spacial score (nSPS) is 10.1. The van der Waals surface area contributed by atoms with Crippen LogP contribution >= 0.6 is 0 Å². The third kappa shape index (κ3) is 1.88. The Bertz CT molecular complexity index is 543. The van der Waals surface area contributed by atoms with Gasteiger partial charge in [-0.25, -0.2) is 14.8 Å². The molecular weight excluding hydrogens is 211 g/mol. The third-order valence-electron chi connectivity index (χ3n) is 2.00. The predicted octanol–water partition coefficient (Wildman–Crippen LogP) is 1.98. The van der Waals surface area contributed by atoms with Crippen molar-refractivity contribution < 1.29 is 14.3 Å². The Hall–Kier alpha value is -2.30. The van der Waals surface area contributed by atoms with E-state index in [1.54, 1.807) is 6.07 Å². The van der Waals surface area contributed by atoms with Gasteiger partial charge in [0.15, 0.2) is 0 Å². The quantitative estimate of drug-likeness (QED) is 0.783. The summed E-state index contributed by atoms with van der Waals surface area (Å²) in [7, 11) is 0. The molecule has 0 amide bonds. The van der Waals surface area contributed by atoms with Crippen LogP contribution < -0.4 is 0 Å². The minimum absolute atomic E-state index is 0.124. The van der Waals surface area contributed by atoms with Crippen molar-refractivity contribution in [3.05, 3.63) is 48.2 Å². The largest absolute Gasteiger partial charge is 0.477 e. The highest BCUT2D eigenvalue weighted by molar-refractivity contribution is 5.86. The monoisotopic (exact) mass is 218 g/mol. The summed E-state index contributed by atoms with van der Waals surface area (Å²) in [6.07, 6.45) is 1.32. The van der Waals surface area contributed by atoms with Crippen LogP contribution in [-0.4, -0.2) is 21.0 Å². The van der Waals surface area contributed by atoms with Gasteiger partial charge in [-0.15, -0.1) is 0 Å². The molecule has 0 saturated heterocycles. The molecule has 0 aliphatic heterocycles. The zero-order valence-electron chi connectivity index (χ0n) is 8.09. The van der Waals surface area contributed by atoms with Crippen LogP contribution in [0.5, 0.6) is 0 Å². The molecule has 0 aliphatic rings. The van der Waals surface area contributed by atoms with E-state index >= 15 is 0 Å². The van der Waals surface area contributed by atoms with E-state index in [2.05, 4.69) is 9.97 Å². The van der Waals surface area contributed by atoms with Crippen molar-refractivity contribution >= 4 is 5.97 Å². The Morgan fingerprint density at radius 1 is 1.25 bits per heavy atom. The molecule has 0 saturated carbocycles. The van der Waals surface area contributed by atoms with E-state index in [-0.39, 0.29) is 17.0 Å². The lowest BCUT2D eigenvalue weighted by molar-refractivity contribution is 0.0690. The lowest BCUT2D eigenvalue weighted by Crippen LogP contribution is -2.01. The molecule has 2 rings (SSSR count). The van der Waals surface area contributed by atoms with Crippen molar-refractivity contribution in [3.63, 3.8) is 0 Å². The second kappa shape index (κ2) is 4.06. The first-order chi connectivity index (χ1) is 7.68. The predicted molar refractivity (Wildman–Crippen MR) is 54.4 cm³/mol. The van der Waals surface area contributed by atoms with Gasteiger partial charge in [0, 0.05) is 6.20 Å². The van der Waals surface area contributed by atoms with Crippen molar-refractivity contribution in [1.82, 2.24) is 9.97 Å². The van der Waals surface area contributed by atoms with Crippen molar-refractivity contribution in [1.29, 1.82) is 0 Å². The summed E-state index contributed by atoms with van der Waals surface area (Å²) in [5.74, 6) is -1.82. The van der Waals surface area contributed by atoms with Gasteiger partial charge in [0.2, 0.25) is 5.95 Å². The Morgan fingerprint density at radius 3 is 2.75 bits per heavy atom. The number of carboxylic acid groups (broad SMARTS) is 1. The second-order valence-electron chi connectivity index (χ2n) is 3.05. The van der Waals surface area contributed by atoms with Crippen LogP contribution in [0.1, 0.15) is 10.5 Å². The smallest absolute Gasteiger partial charge is 0.354 e. The van der Waals surface area contributed by atoms with Crippen LogP contribution in [0, 0.1) is 5.95 Å². The van der Waals surface area contributed by atoms with Gasteiger partial charge >= 0.3 is 5.97 Å². The molecule has 0 bridgehead atoms. The minimum atomic E-state index is -1.15. The molecule has 1 N–H and O–H groups in total. The summed E-state index contributed by atoms with van der Waals surface area (Å²) in [6, 6.07) is 7.45. The van der Waals surface area contributed by atoms with Gasteiger partial charge < -0.3 is 5.11 Å². The van der Waals surface area contributed by atoms with Crippen molar-refractivity contribution in [2.24, 2.45) is 0 Å². The number of carboxylic acids is 1. The van der Waals surface area contributed by atoms with E-state index in [1.165, 1.54) is 30.5 Å². The molecule has 5 heteroatoms. The van der Waals surface area contributed by atoms with E-state index < -0.39 is 11.9 Å². The third-order valence-corrected chi connectivity index (χ3v) is 2.00. The van der Waals surface area contributed by atoms with Crippen molar-refractivity contribution in [2.45, 2.75) is 0 Å². The van der Waals surface area contributed by atoms with Crippen LogP contribution in [0.25, 0.3) is 11.3 Å². The van der Waals surface area contributed by atoms with Crippen molar-refractivity contribution in [2.75, 3.05) is 0 Å². The first kappa shape index (κ1) is 10.2. The number of nitrogens with zero attached hydrogens (tertiary/aromatic N) is 2. The summed E-state index contributed by atoms with van der Waals surface area (Å²) in [5, 5.41) is 8.75. The highest BCUT2D eigenvalue weighted by Crippen LogP contribution is 2.18. The summed E-state index contributed by atoms with van der Waals surface area (Å²) in [5.41, 5.74) is 0.317. The zero-order chi connectivity index (χ0) is 11.5. The maximum absolute atomic E-state index is 13.3. The fourth-order valence-electron chi connectivity index (χ4n) is 1.28. The number of hydrogen-bond donors (Lipinski definition) is 1. The van der Waals surface area contributed by atoms with E-state index in [1.807, 2.05) is 0 Å². The van der Waals surface area contributed by atoms with Gasteiger partial charge in [0.1, 0.15) is 5.69 Å². The van der Waals surface area contributed by atoms with E-state index in [0.717, 1.165) is 0 Å². The number of carbonyl (C=O) groups is 1. The van der Waals surface area contributed by atoms with Gasteiger partial charge in [0.25, 0.3) is 0 Å². The maximum atomic E-state index is 13.3. The van der Waals surface area contributed by atoms with Crippen LogP contribution in [0.3, 0.4) is 0 Å². The number of rotatable bonds is 2. The summed E-state index contributed by atoms with van der Waals surface area (Å²) in [4.78, 5) is 18.0. The first-order valence-electron chi connectivity index (χ1n) is 4.50. The molecule has 0 unspecified atom stereocenters. The first-order valence-corrected chi connectivity index (χ1v) is 4.50. The molecule has 0 aliphatic carbocycles. The fourth-order valence-corrected chi connectivity index (χ4v) is 1.28. The molecule has 0 atom stereocenters. The summed E-state index contributed by atoms with van der Waals surface area (Å²) < 4.78 is 13.3. The van der Waals surface area contributed by atoms with Crippen LogP contribution in [0.4, 0.5) is 4.39 Å². The lowest BCUT2D eigenvalue weighted by atomic mass is 10.2. The van der Waals surface area contributed by atoms with Crippen LogP contribution in [0.15, 0.2) is 36.5 Å². The topological polar surface area (TPSA) is 63.1 Å². The van der Waals surface area contributed by atoms with Gasteiger partial charge in [0.05, 0.1) is 11.3 Å². The fraction of sp³-hybridized carbons (Fsp3) is 0. The standard InChI is InChI=1S/C11H7FN2O2/c12-10-7(3-2-6-13-10)8-4-1-5-9(14-8)11(15)16/h1-6H,(H,15,16). The second-order valence-corrected chi connectivity index (χ2v) is 3.05. The molecule has 0 fully saturated rings. The maximum Gasteiger partial charge on any atom is 0.354 e. The molecule has 80 valence electrons. The minimum Gasteiger partial charge on any atom is -0.477 e. The van der Waals surface area contributed by atoms with E-state index in [0.29, 0.717) is 0 Å². The molecular formula is C11H7FN2O2. The van der Waals surface area contributed by atoms with E-state index in [4.69, 9.17) is 5.11 Å². The number of aromatic nitrogens is 2. The summed E-state index contributed by atoms with van der Waals surface area (Å²) >= 11 is 0. The van der Waals surface area contributed by atoms with Gasteiger partial charge in [-0.2, -0.15) is 4.39 Å². The SMILES string of the molecule is O=C(O)c1cccc(-c2cccnc2F)n1. The van der Waals surface area contributed by atoms with Gasteiger partial charge in [-0.05, 0) is 24.3 Å². The molecule has 0 radical (unpaired) electrons. The molecule has 2 aromatic rings. The molecule has 16 heavy (non-hydrogen) atoms. The Kier molecular flexibility index (Phi) is 2.59. The van der Waals surface area contributed by atoms with E-state index in [9.17, 15) is 9.18 Å². The number of aromatic carboxylic acids is 1. The van der Waals surface area contributed by atoms with Gasteiger partial charge in [-0.3, -0.25) is 0 Å². The number of pyridine rings is 2. The highest BCUT2D eigenvalue weighted by Gasteiger charge is 2.09.